The van der Waals surface area contributed by atoms with Crippen LogP contribution in [-0.2, 0) is 11.8 Å². The monoisotopic (exact) mass is 309 g/mol. The molecule has 1 aromatic carbocycles. The van der Waals surface area contributed by atoms with Crippen molar-refractivity contribution in [2.75, 3.05) is 5.32 Å². The van der Waals surface area contributed by atoms with Crippen LogP contribution in [0.15, 0.2) is 24.3 Å². The molecule has 1 amide bonds. The summed E-state index contributed by atoms with van der Waals surface area (Å²) in [5, 5.41) is 15.3. The molecule has 118 valence electrons. The lowest BCUT2D eigenvalue weighted by molar-refractivity contribution is -0.117. The number of amides is 1. The Kier molecular flexibility index (Phi) is 3.01. The van der Waals surface area contributed by atoms with Gasteiger partial charge in [-0.3, -0.25) is 9.89 Å². The van der Waals surface area contributed by atoms with E-state index in [2.05, 4.69) is 51.8 Å². The third-order valence-corrected chi connectivity index (χ3v) is 4.56. The summed E-state index contributed by atoms with van der Waals surface area (Å²) in [7, 11) is 1.84. The molecule has 6 nitrogen and oxygen atoms in total. The number of benzene rings is 1. The zero-order valence-corrected chi connectivity index (χ0v) is 13.4. The molecule has 0 radical (unpaired) electrons. The van der Waals surface area contributed by atoms with Crippen molar-refractivity contribution in [2.45, 2.75) is 26.2 Å². The van der Waals surface area contributed by atoms with Crippen molar-refractivity contribution < 1.29 is 4.79 Å². The van der Waals surface area contributed by atoms with Crippen molar-refractivity contribution in [1.29, 1.82) is 0 Å². The second kappa shape index (κ2) is 4.94. The van der Waals surface area contributed by atoms with E-state index >= 15 is 0 Å². The van der Waals surface area contributed by atoms with E-state index in [-0.39, 0.29) is 11.8 Å². The van der Waals surface area contributed by atoms with Crippen LogP contribution in [0, 0.1) is 19.8 Å². The van der Waals surface area contributed by atoms with E-state index in [0.29, 0.717) is 11.7 Å². The third-order valence-electron chi connectivity index (χ3n) is 4.56. The molecule has 1 saturated carbocycles. The minimum Gasteiger partial charge on any atom is -0.310 e. The lowest BCUT2D eigenvalue weighted by atomic mass is 10.1. The average Bonchev–Trinajstić information content (AvgIpc) is 3.13. The highest BCUT2D eigenvalue weighted by Gasteiger charge is 2.44. The van der Waals surface area contributed by atoms with E-state index in [1.165, 1.54) is 11.1 Å². The Morgan fingerprint density at radius 3 is 3.00 bits per heavy atom. The van der Waals surface area contributed by atoms with Crippen LogP contribution in [-0.4, -0.2) is 25.9 Å². The topological polar surface area (TPSA) is 75.6 Å². The quantitative estimate of drug-likeness (QED) is 0.781. The summed E-state index contributed by atoms with van der Waals surface area (Å²) in [6, 6.07) is 8.39. The van der Waals surface area contributed by atoms with E-state index in [4.69, 9.17) is 0 Å². The zero-order valence-electron chi connectivity index (χ0n) is 13.4. The van der Waals surface area contributed by atoms with Gasteiger partial charge in [0.2, 0.25) is 5.91 Å². The Labute approximate surface area is 133 Å². The van der Waals surface area contributed by atoms with Gasteiger partial charge >= 0.3 is 0 Å². The minimum atomic E-state index is 0.0344. The molecule has 2 N–H and O–H groups in total. The number of aromatic nitrogens is 4. The summed E-state index contributed by atoms with van der Waals surface area (Å²) in [6.07, 6.45) is 0.901. The molecule has 0 aliphatic heterocycles. The molecule has 1 fully saturated rings. The van der Waals surface area contributed by atoms with E-state index in [0.717, 1.165) is 23.1 Å². The van der Waals surface area contributed by atoms with Crippen molar-refractivity contribution >= 4 is 22.8 Å². The van der Waals surface area contributed by atoms with Crippen molar-refractivity contribution in [3.8, 4) is 0 Å². The lowest BCUT2D eigenvalue weighted by Crippen LogP contribution is -2.15. The van der Waals surface area contributed by atoms with Crippen molar-refractivity contribution in [2.24, 2.45) is 13.0 Å². The number of hydrogen-bond acceptors (Lipinski definition) is 3. The summed E-state index contributed by atoms with van der Waals surface area (Å²) in [5.74, 6) is 1.05. The van der Waals surface area contributed by atoms with Gasteiger partial charge in [-0.15, -0.1) is 0 Å². The van der Waals surface area contributed by atoms with Gasteiger partial charge in [0, 0.05) is 13.0 Å². The van der Waals surface area contributed by atoms with Gasteiger partial charge in [-0.2, -0.15) is 10.2 Å². The van der Waals surface area contributed by atoms with Crippen LogP contribution >= 0.6 is 0 Å². The van der Waals surface area contributed by atoms with E-state index in [9.17, 15) is 4.79 Å². The third kappa shape index (κ3) is 2.30. The van der Waals surface area contributed by atoms with E-state index in [1.54, 1.807) is 4.68 Å². The SMILES string of the molecule is Cc1cccc([C@H]2C[C@H]2C(=O)Nc2[nH]nc3c2c(C)nn3C)c1. The Morgan fingerprint density at radius 1 is 1.39 bits per heavy atom. The Hall–Kier alpha value is -2.63. The maximum absolute atomic E-state index is 12.5. The van der Waals surface area contributed by atoms with Crippen LogP contribution in [0.2, 0.25) is 0 Å². The second-order valence-corrected chi connectivity index (χ2v) is 6.36. The molecule has 3 aromatic rings. The van der Waals surface area contributed by atoms with Gasteiger partial charge in [0.1, 0.15) is 5.82 Å². The van der Waals surface area contributed by atoms with E-state index < -0.39 is 0 Å². The largest absolute Gasteiger partial charge is 0.310 e. The Bertz CT molecular complexity index is 907. The molecule has 1 aliphatic carbocycles. The highest BCUT2D eigenvalue weighted by Crippen LogP contribution is 2.48. The normalized spacial score (nSPS) is 20.0. The van der Waals surface area contributed by atoms with Gasteiger partial charge in [0.05, 0.1) is 11.1 Å². The number of anilines is 1. The molecule has 6 heteroatoms. The summed E-state index contributed by atoms with van der Waals surface area (Å²) < 4.78 is 1.71. The van der Waals surface area contributed by atoms with Gasteiger partial charge in [0.25, 0.3) is 0 Å². The summed E-state index contributed by atoms with van der Waals surface area (Å²) in [4.78, 5) is 12.5. The molecule has 4 rings (SSSR count). The van der Waals surface area contributed by atoms with Crippen molar-refractivity contribution in [1.82, 2.24) is 20.0 Å². The fraction of sp³-hybridized carbons (Fsp3) is 0.353. The second-order valence-electron chi connectivity index (χ2n) is 6.36. The minimum absolute atomic E-state index is 0.0344. The Morgan fingerprint density at radius 2 is 2.22 bits per heavy atom. The molecule has 0 saturated heterocycles. The van der Waals surface area contributed by atoms with Gasteiger partial charge in [-0.05, 0) is 31.7 Å². The first kappa shape index (κ1) is 14.0. The number of aryl methyl sites for hydroxylation is 3. The van der Waals surface area contributed by atoms with Gasteiger partial charge in [-0.1, -0.05) is 29.8 Å². The first-order valence-electron chi connectivity index (χ1n) is 7.79. The van der Waals surface area contributed by atoms with E-state index in [1.807, 2.05) is 14.0 Å². The predicted molar refractivity (Wildman–Crippen MR) is 88.3 cm³/mol. The highest BCUT2D eigenvalue weighted by molar-refractivity contribution is 6.02. The predicted octanol–water partition coefficient (Wildman–Crippen LogP) is 2.66. The fourth-order valence-electron chi connectivity index (χ4n) is 3.29. The number of aromatic amines is 1. The van der Waals surface area contributed by atoms with Crippen LogP contribution in [0.3, 0.4) is 0 Å². The Balaban J connectivity index is 1.52. The number of rotatable bonds is 3. The molecular formula is C17H19N5O. The molecular weight excluding hydrogens is 290 g/mol. The van der Waals surface area contributed by atoms with Gasteiger partial charge in [0.15, 0.2) is 5.65 Å². The smallest absolute Gasteiger partial charge is 0.229 e. The maximum Gasteiger partial charge on any atom is 0.229 e. The number of nitrogens with zero attached hydrogens (tertiary/aromatic N) is 3. The standard InChI is InChI=1S/C17H19N5O/c1-9-5-4-6-11(7-9)12-8-13(12)17(23)18-15-14-10(2)21-22(3)16(14)20-19-15/h4-7,12-13H,8H2,1-3H3,(H2,18,19,20,23)/t12-,13-/m1/s1. The first-order chi connectivity index (χ1) is 11.0. The van der Waals surface area contributed by atoms with Crippen LogP contribution in [0.4, 0.5) is 5.82 Å². The number of fused-ring (bicyclic) bond motifs is 1. The number of hydrogen-bond donors (Lipinski definition) is 2. The molecule has 0 spiro atoms. The van der Waals surface area contributed by atoms with Crippen LogP contribution in [0.25, 0.3) is 11.0 Å². The maximum atomic E-state index is 12.5. The zero-order chi connectivity index (χ0) is 16.1. The summed E-state index contributed by atoms with van der Waals surface area (Å²) >= 11 is 0. The number of nitrogens with one attached hydrogen (secondary N) is 2. The molecule has 0 bridgehead atoms. The highest BCUT2D eigenvalue weighted by atomic mass is 16.2. The fourth-order valence-corrected chi connectivity index (χ4v) is 3.29. The molecule has 0 unspecified atom stereocenters. The van der Waals surface area contributed by atoms with Crippen LogP contribution < -0.4 is 5.32 Å². The number of carbonyl (C=O) groups excluding carboxylic acids is 1. The lowest BCUT2D eigenvalue weighted by Gasteiger charge is -2.04. The summed E-state index contributed by atoms with van der Waals surface area (Å²) in [6.45, 7) is 3.99. The van der Waals surface area contributed by atoms with Crippen LogP contribution in [0.1, 0.15) is 29.2 Å². The molecule has 23 heavy (non-hydrogen) atoms. The first-order valence-corrected chi connectivity index (χ1v) is 7.79. The van der Waals surface area contributed by atoms with Crippen molar-refractivity contribution in [3.63, 3.8) is 0 Å². The van der Waals surface area contributed by atoms with Crippen LogP contribution in [0.5, 0.6) is 0 Å². The molecule has 1 aliphatic rings. The van der Waals surface area contributed by atoms with Crippen molar-refractivity contribution in [3.05, 3.63) is 41.1 Å². The molecule has 2 atom stereocenters. The number of H-pyrrole nitrogens is 1. The summed E-state index contributed by atoms with van der Waals surface area (Å²) in [5.41, 5.74) is 4.09. The molecule has 2 heterocycles. The van der Waals surface area contributed by atoms with Gasteiger partial charge in [-0.25, -0.2) is 4.68 Å². The van der Waals surface area contributed by atoms with Gasteiger partial charge < -0.3 is 5.32 Å². The average molecular weight is 309 g/mol. The molecule has 2 aromatic heterocycles. The number of carbonyl (C=O) groups is 1.